The average Bonchev–Trinajstić information content (AvgIpc) is 2.75. The van der Waals surface area contributed by atoms with Crippen LogP contribution in [0.1, 0.15) is 43.6 Å². The molecule has 0 aliphatic heterocycles. The standard InChI is InChI=1S/C16H22ClNO/c17-15-6-2-1-5-14(15)12-8-13(9-12)18-10-11-4-3-7-16(11)19/h1-2,5-6,11-13,16,18-19H,3-4,7-10H2. The van der Waals surface area contributed by atoms with Gasteiger partial charge < -0.3 is 10.4 Å². The Kier molecular flexibility index (Phi) is 4.11. The number of aliphatic hydroxyl groups excluding tert-OH is 1. The molecule has 3 rings (SSSR count). The SMILES string of the molecule is OC1CCCC1CNC1CC(c2ccccc2Cl)C1. The van der Waals surface area contributed by atoms with Crippen LogP contribution in [0.4, 0.5) is 0 Å². The van der Waals surface area contributed by atoms with E-state index in [0.717, 1.165) is 18.0 Å². The van der Waals surface area contributed by atoms with E-state index in [1.165, 1.54) is 31.2 Å². The molecule has 1 aromatic carbocycles. The Hall–Kier alpha value is -0.570. The minimum atomic E-state index is -0.0769. The molecule has 104 valence electrons. The molecule has 2 saturated carbocycles. The van der Waals surface area contributed by atoms with E-state index in [4.69, 9.17) is 11.6 Å². The van der Waals surface area contributed by atoms with Gasteiger partial charge in [0.1, 0.15) is 0 Å². The minimum absolute atomic E-state index is 0.0769. The van der Waals surface area contributed by atoms with Gasteiger partial charge in [-0.3, -0.25) is 0 Å². The summed E-state index contributed by atoms with van der Waals surface area (Å²) in [4.78, 5) is 0. The van der Waals surface area contributed by atoms with Gasteiger partial charge in [-0.1, -0.05) is 36.2 Å². The Morgan fingerprint density at radius 3 is 2.68 bits per heavy atom. The van der Waals surface area contributed by atoms with E-state index in [0.29, 0.717) is 17.9 Å². The maximum absolute atomic E-state index is 9.80. The number of hydrogen-bond donors (Lipinski definition) is 2. The molecule has 0 saturated heterocycles. The van der Waals surface area contributed by atoms with Crippen molar-refractivity contribution in [3.63, 3.8) is 0 Å². The van der Waals surface area contributed by atoms with Crippen LogP contribution in [0.15, 0.2) is 24.3 Å². The van der Waals surface area contributed by atoms with Crippen LogP contribution >= 0.6 is 11.6 Å². The van der Waals surface area contributed by atoms with Crippen LogP contribution in [0.3, 0.4) is 0 Å². The van der Waals surface area contributed by atoms with Crippen molar-refractivity contribution >= 4 is 11.6 Å². The second-order valence-corrected chi connectivity index (χ2v) is 6.46. The van der Waals surface area contributed by atoms with Crippen molar-refractivity contribution in [3.05, 3.63) is 34.9 Å². The van der Waals surface area contributed by atoms with Crippen molar-refractivity contribution in [2.75, 3.05) is 6.54 Å². The lowest BCUT2D eigenvalue weighted by molar-refractivity contribution is 0.125. The molecule has 2 fully saturated rings. The molecule has 0 aromatic heterocycles. The smallest absolute Gasteiger partial charge is 0.0580 e. The highest BCUT2D eigenvalue weighted by atomic mass is 35.5. The van der Waals surface area contributed by atoms with E-state index in [1.807, 2.05) is 12.1 Å². The van der Waals surface area contributed by atoms with Crippen molar-refractivity contribution in [1.82, 2.24) is 5.32 Å². The number of hydrogen-bond acceptors (Lipinski definition) is 2. The molecule has 2 N–H and O–H groups in total. The zero-order valence-corrected chi connectivity index (χ0v) is 11.9. The average molecular weight is 280 g/mol. The molecule has 2 aliphatic rings. The molecule has 0 spiro atoms. The number of halogens is 1. The number of nitrogens with one attached hydrogen (secondary N) is 1. The highest BCUT2D eigenvalue weighted by Crippen LogP contribution is 2.40. The van der Waals surface area contributed by atoms with Crippen molar-refractivity contribution in [1.29, 1.82) is 0 Å². The lowest BCUT2D eigenvalue weighted by atomic mass is 9.75. The molecule has 3 heteroatoms. The third-order valence-electron chi connectivity index (χ3n) is 4.77. The van der Waals surface area contributed by atoms with Crippen molar-refractivity contribution in [2.24, 2.45) is 5.92 Å². The summed E-state index contributed by atoms with van der Waals surface area (Å²) in [6.07, 6.45) is 5.61. The maximum Gasteiger partial charge on any atom is 0.0580 e. The van der Waals surface area contributed by atoms with Gasteiger partial charge in [-0.05, 0) is 49.1 Å². The summed E-state index contributed by atoms with van der Waals surface area (Å²) in [6, 6.07) is 8.78. The minimum Gasteiger partial charge on any atom is -0.393 e. The van der Waals surface area contributed by atoms with Gasteiger partial charge in [0, 0.05) is 17.6 Å². The van der Waals surface area contributed by atoms with Gasteiger partial charge in [0.15, 0.2) is 0 Å². The first kappa shape index (κ1) is 13.4. The monoisotopic (exact) mass is 279 g/mol. The zero-order valence-electron chi connectivity index (χ0n) is 11.2. The first-order valence-electron chi connectivity index (χ1n) is 7.40. The lowest BCUT2D eigenvalue weighted by Gasteiger charge is -2.37. The molecule has 0 heterocycles. The second-order valence-electron chi connectivity index (χ2n) is 6.05. The topological polar surface area (TPSA) is 32.3 Å². The molecule has 2 nitrogen and oxygen atoms in total. The lowest BCUT2D eigenvalue weighted by Crippen LogP contribution is -2.43. The van der Waals surface area contributed by atoms with Gasteiger partial charge in [0.2, 0.25) is 0 Å². The normalized spacial score (nSPS) is 34.2. The number of benzene rings is 1. The summed E-state index contributed by atoms with van der Waals surface area (Å²) in [7, 11) is 0. The molecule has 0 bridgehead atoms. The van der Waals surface area contributed by atoms with Crippen molar-refractivity contribution in [3.8, 4) is 0 Å². The van der Waals surface area contributed by atoms with Crippen LogP contribution in [0.5, 0.6) is 0 Å². The van der Waals surface area contributed by atoms with Crippen LogP contribution in [0.25, 0.3) is 0 Å². The fourth-order valence-corrected chi connectivity index (χ4v) is 3.71. The molecule has 1 aromatic rings. The predicted octanol–water partition coefficient (Wildman–Crippen LogP) is 3.34. The summed E-state index contributed by atoms with van der Waals surface area (Å²) in [5.74, 6) is 1.08. The first-order valence-corrected chi connectivity index (χ1v) is 7.77. The molecule has 2 atom stereocenters. The summed E-state index contributed by atoms with van der Waals surface area (Å²) < 4.78 is 0. The summed E-state index contributed by atoms with van der Waals surface area (Å²) in [6.45, 7) is 0.973. The van der Waals surface area contributed by atoms with Gasteiger partial charge >= 0.3 is 0 Å². The van der Waals surface area contributed by atoms with Crippen LogP contribution in [-0.4, -0.2) is 23.8 Å². The molecule has 2 unspecified atom stereocenters. The maximum atomic E-state index is 9.80. The highest BCUT2D eigenvalue weighted by molar-refractivity contribution is 6.31. The Balaban J connectivity index is 1.44. The number of rotatable bonds is 4. The van der Waals surface area contributed by atoms with Crippen LogP contribution in [0.2, 0.25) is 5.02 Å². The fraction of sp³-hybridized carbons (Fsp3) is 0.625. The first-order chi connectivity index (χ1) is 9.24. The summed E-state index contributed by atoms with van der Waals surface area (Å²) in [5, 5.41) is 14.3. The number of aliphatic hydroxyl groups is 1. The van der Waals surface area contributed by atoms with E-state index < -0.39 is 0 Å². The third-order valence-corrected chi connectivity index (χ3v) is 5.11. The highest BCUT2D eigenvalue weighted by Gasteiger charge is 2.32. The summed E-state index contributed by atoms with van der Waals surface area (Å²) >= 11 is 6.23. The quantitative estimate of drug-likeness (QED) is 0.886. The Bertz CT molecular complexity index is 431. The molecular weight excluding hydrogens is 258 g/mol. The van der Waals surface area contributed by atoms with Gasteiger partial charge in [-0.15, -0.1) is 0 Å². The van der Waals surface area contributed by atoms with E-state index in [2.05, 4.69) is 17.4 Å². The van der Waals surface area contributed by atoms with E-state index >= 15 is 0 Å². The molecular formula is C16H22ClNO. The Morgan fingerprint density at radius 2 is 2.00 bits per heavy atom. The Morgan fingerprint density at radius 1 is 1.21 bits per heavy atom. The van der Waals surface area contributed by atoms with Crippen LogP contribution in [0, 0.1) is 5.92 Å². The zero-order chi connectivity index (χ0) is 13.2. The van der Waals surface area contributed by atoms with Crippen LogP contribution < -0.4 is 5.32 Å². The van der Waals surface area contributed by atoms with Crippen LogP contribution in [-0.2, 0) is 0 Å². The fourth-order valence-electron chi connectivity index (χ4n) is 3.42. The molecule has 2 aliphatic carbocycles. The Labute approximate surface area is 120 Å². The second kappa shape index (κ2) is 5.82. The van der Waals surface area contributed by atoms with Gasteiger partial charge in [-0.2, -0.15) is 0 Å². The van der Waals surface area contributed by atoms with E-state index in [9.17, 15) is 5.11 Å². The largest absolute Gasteiger partial charge is 0.393 e. The van der Waals surface area contributed by atoms with Gasteiger partial charge in [0.05, 0.1) is 6.10 Å². The van der Waals surface area contributed by atoms with Gasteiger partial charge in [-0.25, -0.2) is 0 Å². The van der Waals surface area contributed by atoms with Crippen molar-refractivity contribution in [2.45, 2.75) is 50.2 Å². The summed E-state index contributed by atoms with van der Waals surface area (Å²) in [5.41, 5.74) is 1.29. The molecule has 0 amide bonds. The van der Waals surface area contributed by atoms with Gasteiger partial charge in [0.25, 0.3) is 0 Å². The van der Waals surface area contributed by atoms with E-state index in [-0.39, 0.29) is 6.10 Å². The molecule has 0 radical (unpaired) electrons. The van der Waals surface area contributed by atoms with E-state index in [1.54, 1.807) is 0 Å². The predicted molar refractivity (Wildman–Crippen MR) is 78.6 cm³/mol. The third kappa shape index (κ3) is 2.96. The van der Waals surface area contributed by atoms with Crippen molar-refractivity contribution < 1.29 is 5.11 Å². The molecule has 19 heavy (non-hydrogen) atoms.